The van der Waals surface area contributed by atoms with Crippen LogP contribution in [0.3, 0.4) is 0 Å². The van der Waals surface area contributed by atoms with Gasteiger partial charge in [0.2, 0.25) is 0 Å². The third kappa shape index (κ3) is 1.71. The summed E-state index contributed by atoms with van der Waals surface area (Å²) in [5, 5.41) is 7.45. The van der Waals surface area contributed by atoms with Gasteiger partial charge in [0.05, 0.1) is 9.92 Å². The first-order valence-corrected chi connectivity index (χ1v) is 5.47. The Morgan fingerprint density at radius 2 is 2.07 bits per heavy atom. The molecule has 0 bridgehead atoms. The topological polar surface area (TPSA) is 45.8 Å². The summed E-state index contributed by atoms with van der Waals surface area (Å²) in [6.45, 7) is 0. The Hall–Kier alpha value is -1.13. The lowest BCUT2D eigenvalue weighted by Crippen LogP contribution is -1.93. The van der Waals surface area contributed by atoms with Crippen molar-refractivity contribution in [1.29, 1.82) is 0 Å². The Bertz CT molecular complexity index is 456. The van der Waals surface area contributed by atoms with Gasteiger partial charge in [0.15, 0.2) is 0 Å². The summed E-state index contributed by atoms with van der Waals surface area (Å²) in [6, 6.07) is 8.72. The largest absolute Gasteiger partial charge is 0.269 e. The van der Waals surface area contributed by atoms with E-state index in [1.807, 2.05) is 0 Å². The van der Waals surface area contributed by atoms with Crippen LogP contribution in [0.2, 0.25) is 5.02 Å². The normalized spacial score (nSPS) is 12.6. The van der Waals surface area contributed by atoms with Crippen LogP contribution >= 0.6 is 11.6 Å². The first-order valence-electron chi connectivity index (χ1n) is 3.95. The minimum Gasteiger partial charge on any atom is -0.269 e. The first-order chi connectivity index (χ1) is 6.79. The number of hydrogen-bond donors (Lipinski definition) is 1. The van der Waals surface area contributed by atoms with Gasteiger partial charge in [-0.2, -0.15) is 5.10 Å². The highest BCUT2D eigenvalue weighted by atomic mass is 35.5. The van der Waals surface area contributed by atoms with Crippen LogP contribution in [-0.4, -0.2) is 14.4 Å². The van der Waals surface area contributed by atoms with E-state index < -0.39 is 10.8 Å². The molecule has 5 heteroatoms. The number of rotatable bonds is 2. The van der Waals surface area contributed by atoms with Gasteiger partial charge in [0.25, 0.3) is 0 Å². The minimum atomic E-state index is -1.28. The molecule has 0 saturated carbocycles. The predicted octanol–water partition coefficient (Wildman–Crippen LogP) is 2.23. The molecule has 1 unspecified atom stereocenters. The molecule has 0 fully saturated rings. The zero-order chi connectivity index (χ0) is 9.97. The van der Waals surface area contributed by atoms with Crippen LogP contribution in [0.15, 0.2) is 46.5 Å². The zero-order valence-corrected chi connectivity index (χ0v) is 8.68. The van der Waals surface area contributed by atoms with Crippen LogP contribution in [-0.2, 0) is 10.8 Å². The van der Waals surface area contributed by atoms with Gasteiger partial charge in [-0.3, -0.25) is 5.10 Å². The maximum atomic E-state index is 11.9. The standard InChI is InChI=1S/C9H7ClN2OS/c10-7-3-1-2-4-8(7)14(13)9-5-6-11-12-9/h1-6H,(H,11,12). The van der Waals surface area contributed by atoms with Crippen molar-refractivity contribution in [3.8, 4) is 0 Å². The van der Waals surface area contributed by atoms with E-state index in [4.69, 9.17) is 11.6 Å². The van der Waals surface area contributed by atoms with Crippen LogP contribution in [0.4, 0.5) is 0 Å². The highest BCUT2D eigenvalue weighted by Gasteiger charge is 2.10. The van der Waals surface area contributed by atoms with E-state index in [1.54, 1.807) is 36.5 Å². The molecular formula is C9H7ClN2OS. The van der Waals surface area contributed by atoms with E-state index in [0.717, 1.165) is 0 Å². The Morgan fingerprint density at radius 3 is 2.71 bits per heavy atom. The smallest absolute Gasteiger partial charge is 0.127 e. The van der Waals surface area contributed by atoms with Crippen molar-refractivity contribution in [2.75, 3.05) is 0 Å². The first kappa shape index (κ1) is 9.43. The molecule has 0 amide bonds. The Balaban J connectivity index is 2.42. The quantitative estimate of drug-likeness (QED) is 0.854. The molecule has 1 heterocycles. The average Bonchev–Trinajstić information content (AvgIpc) is 2.70. The molecular weight excluding hydrogens is 220 g/mol. The maximum absolute atomic E-state index is 11.9. The number of aromatic nitrogens is 2. The third-order valence-corrected chi connectivity index (χ3v) is 3.54. The summed E-state index contributed by atoms with van der Waals surface area (Å²) >= 11 is 5.91. The van der Waals surface area contributed by atoms with E-state index >= 15 is 0 Å². The van der Waals surface area contributed by atoms with Gasteiger partial charge in [0, 0.05) is 6.20 Å². The molecule has 0 spiro atoms. The molecule has 14 heavy (non-hydrogen) atoms. The Kier molecular flexibility index (Phi) is 2.65. The molecule has 0 saturated heterocycles. The molecule has 1 atom stereocenters. The molecule has 0 aliphatic carbocycles. The third-order valence-electron chi connectivity index (χ3n) is 1.71. The van der Waals surface area contributed by atoms with E-state index in [1.165, 1.54) is 0 Å². The highest BCUT2D eigenvalue weighted by molar-refractivity contribution is 7.85. The zero-order valence-electron chi connectivity index (χ0n) is 7.11. The average molecular weight is 227 g/mol. The summed E-state index contributed by atoms with van der Waals surface area (Å²) in [4.78, 5) is 0.596. The molecule has 72 valence electrons. The van der Waals surface area contributed by atoms with Crippen molar-refractivity contribution in [3.05, 3.63) is 41.6 Å². The fraction of sp³-hybridized carbons (Fsp3) is 0. The van der Waals surface area contributed by atoms with Crippen molar-refractivity contribution in [3.63, 3.8) is 0 Å². The van der Waals surface area contributed by atoms with E-state index in [-0.39, 0.29) is 0 Å². The summed E-state index contributed by atoms with van der Waals surface area (Å²) in [5.41, 5.74) is 0. The highest BCUT2D eigenvalue weighted by Crippen LogP contribution is 2.22. The molecule has 0 aliphatic rings. The summed E-state index contributed by atoms with van der Waals surface area (Å²) < 4.78 is 11.9. The van der Waals surface area contributed by atoms with Crippen molar-refractivity contribution in [2.24, 2.45) is 0 Å². The summed E-state index contributed by atoms with van der Waals surface area (Å²) in [7, 11) is -1.28. The summed E-state index contributed by atoms with van der Waals surface area (Å²) in [5.74, 6) is 0. The molecule has 2 aromatic rings. The van der Waals surface area contributed by atoms with Crippen molar-refractivity contribution in [2.45, 2.75) is 9.92 Å². The number of nitrogens with one attached hydrogen (secondary N) is 1. The summed E-state index contributed by atoms with van der Waals surface area (Å²) in [6.07, 6.45) is 1.56. The van der Waals surface area contributed by atoms with E-state index in [9.17, 15) is 4.21 Å². The molecule has 1 aromatic carbocycles. The van der Waals surface area contributed by atoms with Gasteiger partial charge in [-0.05, 0) is 18.2 Å². The van der Waals surface area contributed by atoms with Gasteiger partial charge in [-0.1, -0.05) is 23.7 Å². The van der Waals surface area contributed by atoms with Gasteiger partial charge in [-0.25, -0.2) is 4.21 Å². The van der Waals surface area contributed by atoms with Crippen molar-refractivity contribution >= 4 is 22.4 Å². The second kappa shape index (κ2) is 3.94. The van der Waals surface area contributed by atoms with Crippen LogP contribution in [0.25, 0.3) is 0 Å². The lowest BCUT2D eigenvalue weighted by molar-refractivity contribution is 0.680. The number of aromatic amines is 1. The van der Waals surface area contributed by atoms with Gasteiger partial charge in [0.1, 0.15) is 15.8 Å². The molecule has 0 aliphatic heterocycles. The Labute approximate surface area is 88.6 Å². The van der Waals surface area contributed by atoms with Gasteiger partial charge < -0.3 is 0 Å². The van der Waals surface area contributed by atoms with E-state index in [0.29, 0.717) is 14.9 Å². The lowest BCUT2D eigenvalue weighted by atomic mass is 10.4. The number of halogens is 1. The van der Waals surface area contributed by atoms with E-state index in [2.05, 4.69) is 10.2 Å². The molecule has 2 rings (SSSR count). The molecule has 1 N–H and O–H groups in total. The second-order valence-corrected chi connectivity index (χ2v) is 4.44. The predicted molar refractivity (Wildman–Crippen MR) is 54.7 cm³/mol. The number of benzene rings is 1. The number of H-pyrrole nitrogens is 1. The second-order valence-electron chi connectivity index (χ2n) is 2.62. The monoisotopic (exact) mass is 226 g/mol. The van der Waals surface area contributed by atoms with Crippen LogP contribution in [0.5, 0.6) is 0 Å². The molecule has 3 nitrogen and oxygen atoms in total. The molecule has 0 radical (unpaired) electrons. The van der Waals surface area contributed by atoms with Gasteiger partial charge in [-0.15, -0.1) is 0 Å². The Morgan fingerprint density at radius 1 is 1.29 bits per heavy atom. The van der Waals surface area contributed by atoms with Crippen LogP contribution in [0.1, 0.15) is 0 Å². The fourth-order valence-corrected chi connectivity index (χ4v) is 2.41. The van der Waals surface area contributed by atoms with Crippen LogP contribution in [0, 0.1) is 0 Å². The number of hydrogen-bond acceptors (Lipinski definition) is 2. The van der Waals surface area contributed by atoms with Crippen LogP contribution < -0.4 is 0 Å². The molecule has 1 aromatic heterocycles. The SMILES string of the molecule is O=S(c1ccn[nH]1)c1ccccc1Cl. The fourth-order valence-electron chi connectivity index (χ4n) is 1.06. The minimum absolute atomic E-state index is 0.500. The number of nitrogens with zero attached hydrogens (tertiary/aromatic N) is 1. The van der Waals surface area contributed by atoms with Crippen molar-refractivity contribution < 1.29 is 4.21 Å². The van der Waals surface area contributed by atoms with Crippen molar-refractivity contribution in [1.82, 2.24) is 10.2 Å². The lowest BCUT2D eigenvalue weighted by Gasteiger charge is -2.00. The van der Waals surface area contributed by atoms with Gasteiger partial charge >= 0.3 is 0 Å². The maximum Gasteiger partial charge on any atom is 0.127 e.